The van der Waals surface area contributed by atoms with Gasteiger partial charge in [0, 0.05) is 22.9 Å². The normalized spacial score (nSPS) is 11.2. The highest BCUT2D eigenvalue weighted by molar-refractivity contribution is 7.98. The van der Waals surface area contributed by atoms with Crippen LogP contribution in [0.2, 0.25) is 0 Å². The lowest BCUT2D eigenvalue weighted by Crippen LogP contribution is -2.04. The number of hydrogen-bond donors (Lipinski definition) is 0. The fraction of sp³-hybridized carbons (Fsp3) is 0.211. The van der Waals surface area contributed by atoms with Crippen molar-refractivity contribution in [2.45, 2.75) is 30.7 Å². The zero-order chi connectivity index (χ0) is 18.6. The molecule has 0 aliphatic heterocycles. The van der Waals surface area contributed by atoms with E-state index < -0.39 is 0 Å². The van der Waals surface area contributed by atoms with E-state index in [4.69, 9.17) is 0 Å². The number of halogens is 1. The van der Waals surface area contributed by atoms with E-state index in [-0.39, 0.29) is 5.82 Å². The summed E-state index contributed by atoms with van der Waals surface area (Å²) < 4.78 is 15.1. The maximum absolute atomic E-state index is 13.2. The van der Waals surface area contributed by atoms with Crippen LogP contribution in [0.15, 0.2) is 53.6 Å². The Bertz CT molecular complexity index is 1060. The van der Waals surface area contributed by atoms with E-state index in [1.807, 2.05) is 28.9 Å². The molecule has 0 aliphatic carbocycles. The minimum absolute atomic E-state index is 0.270. The van der Waals surface area contributed by atoms with Crippen LogP contribution < -0.4 is 0 Å². The Labute approximate surface area is 159 Å². The molecule has 0 N–H and O–H groups in total. The second kappa shape index (κ2) is 7.79. The van der Waals surface area contributed by atoms with Crippen LogP contribution >= 0.6 is 11.8 Å². The Morgan fingerprint density at radius 3 is 2.52 bits per heavy atom. The van der Waals surface area contributed by atoms with E-state index >= 15 is 0 Å². The largest absolute Gasteiger partial charge is 0.229 e. The summed E-state index contributed by atoms with van der Waals surface area (Å²) in [6.07, 6.45) is 0.970. The first-order valence-electron chi connectivity index (χ1n) is 8.65. The molecule has 136 valence electrons. The van der Waals surface area contributed by atoms with Crippen molar-refractivity contribution in [3.8, 4) is 11.3 Å². The third kappa shape index (κ3) is 3.66. The summed E-state index contributed by atoms with van der Waals surface area (Å²) in [5.41, 5.74) is 1.58. The van der Waals surface area contributed by atoms with Crippen molar-refractivity contribution in [1.29, 1.82) is 0 Å². The molecular weight excluding hydrogens is 363 g/mol. The first kappa shape index (κ1) is 17.5. The zero-order valence-corrected chi connectivity index (χ0v) is 15.5. The van der Waals surface area contributed by atoms with Crippen LogP contribution in [-0.2, 0) is 12.3 Å². The lowest BCUT2D eigenvalue weighted by Gasteiger charge is -2.09. The SMILES string of the molecule is CCCn1nnnc1CSc1nnc(-c2ccc(F)cc2)c2ccccc12. The van der Waals surface area contributed by atoms with Gasteiger partial charge < -0.3 is 0 Å². The van der Waals surface area contributed by atoms with Gasteiger partial charge in [0.2, 0.25) is 0 Å². The molecule has 8 heteroatoms. The van der Waals surface area contributed by atoms with Crippen LogP contribution in [0, 0.1) is 5.82 Å². The van der Waals surface area contributed by atoms with Crippen LogP contribution in [-0.4, -0.2) is 30.4 Å². The topological polar surface area (TPSA) is 69.4 Å². The molecule has 0 saturated carbocycles. The third-order valence-corrected chi connectivity index (χ3v) is 5.13. The maximum Gasteiger partial charge on any atom is 0.161 e. The van der Waals surface area contributed by atoms with Crippen molar-refractivity contribution < 1.29 is 4.39 Å². The molecule has 4 rings (SSSR count). The number of nitrogens with zero attached hydrogens (tertiary/aromatic N) is 6. The number of hydrogen-bond acceptors (Lipinski definition) is 6. The predicted molar refractivity (Wildman–Crippen MR) is 103 cm³/mol. The molecule has 0 fully saturated rings. The number of benzene rings is 2. The van der Waals surface area contributed by atoms with Crippen LogP contribution in [0.4, 0.5) is 4.39 Å². The van der Waals surface area contributed by atoms with E-state index in [0.717, 1.165) is 45.8 Å². The molecule has 27 heavy (non-hydrogen) atoms. The Morgan fingerprint density at radius 2 is 1.74 bits per heavy atom. The molecule has 0 atom stereocenters. The van der Waals surface area contributed by atoms with Gasteiger partial charge in [-0.25, -0.2) is 9.07 Å². The lowest BCUT2D eigenvalue weighted by atomic mass is 10.1. The quantitative estimate of drug-likeness (QED) is 0.469. The summed E-state index contributed by atoms with van der Waals surface area (Å²) in [5, 5.41) is 23.5. The number of fused-ring (bicyclic) bond motifs is 1. The highest BCUT2D eigenvalue weighted by atomic mass is 32.2. The van der Waals surface area contributed by atoms with Gasteiger partial charge in [0.1, 0.15) is 16.5 Å². The summed E-state index contributed by atoms with van der Waals surface area (Å²) in [5.74, 6) is 1.16. The molecule has 0 bridgehead atoms. The summed E-state index contributed by atoms with van der Waals surface area (Å²) in [6.45, 7) is 2.88. The monoisotopic (exact) mass is 380 g/mol. The van der Waals surface area contributed by atoms with Crippen molar-refractivity contribution in [3.05, 3.63) is 60.2 Å². The first-order chi connectivity index (χ1) is 13.3. The van der Waals surface area contributed by atoms with E-state index in [2.05, 4.69) is 32.6 Å². The Kier molecular flexibility index (Phi) is 5.06. The molecule has 0 saturated heterocycles. The Hall–Kier alpha value is -2.87. The van der Waals surface area contributed by atoms with Gasteiger partial charge >= 0.3 is 0 Å². The number of aromatic nitrogens is 6. The fourth-order valence-electron chi connectivity index (χ4n) is 2.85. The molecule has 6 nitrogen and oxygen atoms in total. The minimum atomic E-state index is -0.270. The first-order valence-corrected chi connectivity index (χ1v) is 9.64. The van der Waals surface area contributed by atoms with E-state index in [9.17, 15) is 4.39 Å². The highest BCUT2D eigenvalue weighted by Crippen LogP contribution is 2.32. The van der Waals surface area contributed by atoms with Crippen LogP contribution in [0.25, 0.3) is 22.0 Å². The fourth-order valence-corrected chi connectivity index (χ4v) is 3.76. The van der Waals surface area contributed by atoms with Gasteiger partial charge in [-0.15, -0.1) is 15.3 Å². The molecule has 0 amide bonds. The average molecular weight is 380 g/mol. The van der Waals surface area contributed by atoms with Gasteiger partial charge in [0.05, 0.1) is 5.75 Å². The van der Waals surface area contributed by atoms with Crippen molar-refractivity contribution >= 4 is 22.5 Å². The van der Waals surface area contributed by atoms with Gasteiger partial charge in [-0.2, -0.15) is 0 Å². The van der Waals surface area contributed by atoms with E-state index in [1.54, 1.807) is 23.9 Å². The van der Waals surface area contributed by atoms with Gasteiger partial charge in [-0.3, -0.25) is 0 Å². The number of thioether (sulfide) groups is 1. The Balaban J connectivity index is 1.67. The van der Waals surface area contributed by atoms with Crippen molar-refractivity contribution in [2.24, 2.45) is 0 Å². The van der Waals surface area contributed by atoms with Crippen LogP contribution in [0.3, 0.4) is 0 Å². The summed E-state index contributed by atoms with van der Waals surface area (Å²) in [7, 11) is 0. The molecule has 0 aliphatic rings. The number of tetrazole rings is 1. The highest BCUT2D eigenvalue weighted by Gasteiger charge is 2.13. The van der Waals surface area contributed by atoms with Gasteiger partial charge in [-0.05, 0) is 41.1 Å². The predicted octanol–water partition coefficient (Wildman–Crippen LogP) is 4.12. The molecule has 2 aromatic carbocycles. The van der Waals surface area contributed by atoms with E-state index in [0.29, 0.717) is 5.75 Å². The van der Waals surface area contributed by atoms with Gasteiger partial charge in [0.15, 0.2) is 5.82 Å². The van der Waals surface area contributed by atoms with Crippen molar-refractivity contribution in [1.82, 2.24) is 30.4 Å². The smallest absolute Gasteiger partial charge is 0.161 e. The Morgan fingerprint density at radius 1 is 0.963 bits per heavy atom. The molecule has 2 heterocycles. The molecule has 2 aromatic heterocycles. The van der Waals surface area contributed by atoms with Crippen molar-refractivity contribution in [2.75, 3.05) is 0 Å². The molecule has 0 unspecified atom stereocenters. The number of rotatable bonds is 6. The lowest BCUT2D eigenvalue weighted by molar-refractivity contribution is 0.564. The molecule has 4 aromatic rings. The minimum Gasteiger partial charge on any atom is -0.229 e. The molecular formula is C19H17FN6S. The molecule has 0 spiro atoms. The summed E-state index contributed by atoms with van der Waals surface area (Å²) >= 11 is 1.56. The van der Waals surface area contributed by atoms with Crippen LogP contribution in [0.1, 0.15) is 19.2 Å². The van der Waals surface area contributed by atoms with Gasteiger partial charge in [0.25, 0.3) is 0 Å². The van der Waals surface area contributed by atoms with Gasteiger partial charge in [-0.1, -0.05) is 43.0 Å². The van der Waals surface area contributed by atoms with E-state index in [1.165, 1.54) is 12.1 Å². The average Bonchev–Trinajstić information content (AvgIpc) is 3.14. The third-order valence-electron chi connectivity index (χ3n) is 4.15. The summed E-state index contributed by atoms with van der Waals surface area (Å²) in [6, 6.07) is 14.3. The van der Waals surface area contributed by atoms with Crippen LogP contribution in [0.5, 0.6) is 0 Å². The number of aryl methyl sites for hydroxylation is 1. The maximum atomic E-state index is 13.2. The van der Waals surface area contributed by atoms with Crippen molar-refractivity contribution in [3.63, 3.8) is 0 Å². The standard InChI is InChI=1S/C19H17FN6S/c1-2-11-26-17(21-24-25-26)12-27-19-16-6-4-3-5-15(16)18(22-23-19)13-7-9-14(20)10-8-13/h3-10H,2,11-12H2,1H3. The second-order valence-electron chi connectivity index (χ2n) is 6.01. The summed E-state index contributed by atoms with van der Waals surface area (Å²) in [4.78, 5) is 0. The zero-order valence-electron chi connectivity index (χ0n) is 14.7. The molecule has 0 radical (unpaired) electrons. The second-order valence-corrected chi connectivity index (χ2v) is 6.98.